The predicted molar refractivity (Wildman–Crippen MR) is 118 cm³/mol. The molecule has 0 heterocycles. The van der Waals surface area contributed by atoms with E-state index in [0.29, 0.717) is 12.0 Å². The first-order chi connectivity index (χ1) is 13.0. The van der Waals surface area contributed by atoms with Crippen molar-refractivity contribution in [3.05, 3.63) is 71.4 Å². The molecule has 0 aromatic heterocycles. The number of hydrogen-bond acceptors (Lipinski definition) is 3. The van der Waals surface area contributed by atoms with Crippen molar-refractivity contribution in [1.29, 1.82) is 0 Å². The quantitative estimate of drug-likeness (QED) is 0.442. The third-order valence-corrected chi connectivity index (χ3v) is 5.57. The molecule has 0 amide bonds. The Bertz CT molecular complexity index is 663. The molecule has 2 aliphatic carbocycles. The van der Waals surface area contributed by atoms with Crippen molar-refractivity contribution in [3.63, 3.8) is 0 Å². The van der Waals surface area contributed by atoms with Gasteiger partial charge in [-0.25, -0.2) is 0 Å². The Labute approximate surface area is 165 Å². The van der Waals surface area contributed by atoms with Crippen molar-refractivity contribution in [3.8, 4) is 0 Å². The zero-order valence-electron chi connectivity index (χ0n) is 17.2. The Morgan fingerprint density at radius 3 is 2.63 bits per heavy atom. The highest BCUT2D eigenvalue weighted by Gasteiger charge is 2.24. The largest absolute Gasteiger partial charge is 0.323 e. The molecule has 148 valence electrons. The molecule has 0 saturated heterocycles. The van der Waals surface area contributed by atoms with Crippen molar-refractivity contribution in [2.75, 3.05) is 6.54 Å². The van der Waals surface area contributed by atoms with Crippen molar-refractivity contribution in [1.82, 2.24) is 5.32 Å². The van der Waals surface area contributed by atoms with Crippen LogP contribution in [-0.4, -0.2) is 24.7 Å². The number of hydrogen-bond donors (Lipinski definition) is 3. The second kappa shape index (κ2) is 10.6. The Kier molecular flexibility index (Phi) is 8.49. The highest BCUT2D eigenvalue weighted by Crippen LogP contribution is 2.31. The van der Waals surface area contributed by atoms with Crippen molar-refractivity contribution in [2.45, 2.75) is 64.6 Å². The molecule has 2 aliphatic rings. The van der Waals surface area contributed by atoms with Crippen LogP contribution in [0.4, 0.5) is 0 Å². The van der Waals surface area contributed by atoms with Gasteiger partial charge < -0.3 is 16.8 Å². The van der Waals surface area contributed by atoms with E-state index in [2.05, 4.69) is 68.3 Å². The second-order valence-corrected chi connectivity index (χ2v) is 7.76. The summed E-state index contributed by atoms with van der Waals surface area (Å²) in [4.78, 5) is 0. The van der Waals surface area contributed by atoms with E-state index in [0.717, 1.165) is 30.5 Å². The first kappa shape index (κ1) is 21.6. The topological polar surface area (TPSA) is 64.1 Å². The average molecular weight is 368 g/mol. The summed E-state index contributed by atoms with van der Waals surface area (Å²) >= 11 is 0. The van der Waals surface area contributed by atoms with Gasteiger partial charge in [-0.05, 0) is 81.7 Å². The summed E-state index contributed by atoms with van der Waals surface area (Å²) < 4.78 is 0. The van der Waals surface area contributed by atoms with Gasteiger partial charge in [0, 0.05) is 18.1 Å². The van der Waals surface area contributed by atoms with Gasteiger partial charge in [0.25, 0.3) is 0 Å². The van der Waals surface area contributed by atoms with E-state index < -0.39 is 0 Å². The molecule has 0 aromatic carbocycles. The Morgan fingerprint density at radius 1 is 1.26 bits per heavy atom. The van der Waals surface area contributed by atoms with Gasteiger partial charge in [-0.15, -0.1) is 0 Å². The summed E-state index contributed by atoms with van der Waals surface area (Å²) in [6.45, 7) is 11.3. The summed E-state index contributed by atoms with van der Waals surface area (Å²) in [7, 11) is 0. The summed E-state index contributed by atoms with van der Waals surface area (Å²) in [5.41, 5.74) is 17.2. The molecule has 0 aromatic rings. The van der Waals surface area contributed by atoms with Crippen LogP contribution in [-0.2, 0) is 0 Å². The van der Waals surface area contributed by atoms with Crippen LogP contribution in [0.25, 0.3) is 0 Å². The summed E-state index contributed by atoms with van der Waals surface area (Å²) in [5.74, 6) is 0.583. The highest BCUT2D eigenvalue weighted by atomic mass is 14.9. The lowest BCUT2D eigenvalue weighted by Gasteiger charge is -2.29. The Hall–Kier alpha value is -1.68. The minimum absolute atomic E-state index is 0.153. The van der Waals surface area contributed by atoms with Gasteiger partial charge in [0.2, 0.25) is 0 Å². The molecule has 2 rings (SSSR count). The van der Waals surface area contributed by atoms with Gasteiger partial charge in [0.05, 0.1) is 0 Å². The molecule has 0 spiro atoms. The van der Waals surface area contributed by atoms with Gasteiger partial charge in [-0.3, -0.25) is 0 Å². The van der Waals surface area contributed by atoms with Crippen LogP contribution in [0.5, 0.6) is 0 Å². The Morgan fingerprint density at radius 2 is 2.04 bits per heavy atom. The van der Waals surface area contributed by atoms with Gasteiger partial charge in [0.1, 0.15) is 0 Å². The molecule has 0 aliphatic heterocycles. The van der Waals surface area contributed by atoms with Crippen LogP contribution in [0.2, 0.25) is 0 Å². The van der Waals surface area contributed by atoms with Gasteiger partial charge in [0.15, 0.2) is 0 Å². The summed E-state index contributed by atoms with van der Waals surface area (Å²) in [6.07, 6.45) is 20.1. The zero-order valence-corrected chi connectivity index (χ0v) is 17.2. The lowest BCUT2D eigenvalue weighted by atomic mass is 9.81. The number of allylic oxidation sites excluding steroid dienone is 6. The van der Waals surface area contributed by atoms with Crippen LogP contribution >= 0.6 is 0 Å². The Balaban J connectivity index is 1.98. The standard InChI is InChI=1S/C24H37N3/c1-5-7-8-13-27-21-11-9-18(10-12-21)14-19(6-2)20-15-22(17(3)4)24(26)23(25)16-20/h5-7,9,11,15-16,18,21,23-24,27H,3,8,10,12-14,25-26H2,1-2,4H3/b7-5-,19-6+/t18?,21?,23-,24?/m0/s1. The smallest absolute Gasteiger partial charge is 0.0488 e. The first-order valence-corrected chi connectivity index (χ1v) is 10.2. The van der Waals surface area contributed by atoms with Crippen molar-refractivity contribution in [2.24, 2.45) is 17.4 Å². The zero-order chi connectivity index (χ0) is 19.8. The molecule has 0 fully saturated rings. The van der Waals surface area contributed by atoms with Crippen molar-refractivity contribution >= 4 is 0 Å². The molecule has 0 saturated carbocycles. The molecule has 3 nitrogen and oxygen atoms in total. The highest BCUT2D eigenvalue weighted by molar-refractivity contribution is 5.51. The lowest BCUT2D eigenvalue weighted by molar-refractivity contribution is 0.456. The van der Waals surface area contributed by atoms with Crippen LogP contribution in [0.15, 0.2) is 71.4 Å². The molecule has 0 radical (unpaired) electrons. The van der Waals surface area contributed by atoms with E-state index in [9.17, 15) is 0 Å². The summed E-state index contributed by atoms with van der Waals surface area (Å²) in [5, 5.41) is 3.62. The number of rotatable bonds is 8. The van der Waals surface area contributed by atoms with E-state index in [4.69, 9.17) is 11.5 Å². The third kappa shape index (κ3) is 6.17. The monoisotopic (exact) mass is 367 g/mol. The maximum Gasteiger partial charge on any atom is 0.0488 e. The van der Waals surface area contributed by atoms with E-state index in [1.807, 2.05) is 6.92 Å². The molecule has 4 atom stereocenters. The molecular formula is C24H37N3. The van der Waals surface area contributed by atoms with E-state index in [1.54, 1.807) is 0 Å². The SMILES string of the molecule is C=C(C)C1=CC(/C(=C/C)CC2C=CC(NCC/C=C\C)CC2)=C[C@H](N)C1N. The first-order valence-electron chi connectivity index (χ1n) is 10.2. The third-order valence-electron chi connectivity index (χ3n) is 5.57. The summed E-state index contributed by atoms with van der Waals surface area (Å²) in [6, 6.07) is 0.198. The molecule has 0 bridgehead atoms. The fourth-order valence-corrected chi connectivity index (χ4v) is 3.86. The second-order valence-electron chi connectivity index (χ2n) is 7.76. The molecule has 3 unspecified atom stereocenters. The molecular weight excluding hydrogens is 330 g/mol. The fourth-order valence-electron chi connectivity index (χ4n) is 3.86. The number of nitrogens with one attached hydrogen (secondary N) is 1. The average Bonchev–Trinajstić information content (AvgIpc) is 2.66. The maximum atomic E-state index is 6.27. The van der Waals surface area contributed by atoms with Crippen LogP contribution in [0.1, 0.15) is 46.5 Å². The van der Waals surface area contributed by atoms with Gasteiger partial charge >= 0.3 is 0 Å². The lowest BCUT2D eigenvalue weighted by Crippen LogP contribution is -2.43. The van der Waals surface area contributed by atoms with Crippen LogP contribution in [0, 0.1) is 5.92 Å². The van der Waals surface area contributed by atoms with Gasteiger partial charge in [-0.1, -0.05) is 48.6 Å². The molecule has 27 heavy (non-hydrogen) atoms. The minimum Gasteiger partial charge on any atom is -0.323 e. The van der Waals surface area contributed by atoms with E-state index in [-0.39, 0.29) is 12.1 Å². The predicted octanol–water partition coefficient (Wildman–Crippen LogP) is 4.31. The van der Waals surface area contributed by atoms with E-state index >= 15 is 0 Å². The van der Waals surface area contributed by atoms with Crippen LogP contribution in [0.3, 0.4) is 0 Å². The van der Waals surface area contributed by atoms with E-state index in [1.165, 1.54) is 24.0 Å². The van der Waals surface area contributed by atoms with Gasteiger partial charge in [-0.2, -0.15) is 0 Å². The van der Waals surface area contributed by atoms with Crippen molar-refractivity contribution < 1.29 is 0 Å². The molecule has 3 heteroatoms. The maximum absolute atomic E-state index is 6.27. The van der Waals surface area contributed by atoms with Crippen LogP contribution < -0.4 is 16.8 Å². The number of nitrogens with two attached hydrogens (primary N) is 2. The fraction of sp³-hybridized carbons (Fsp3) is 0.500. The minimum atomic E-state index is -0.159. The molecule has 5 N–H and O–H groups in total. The normalized spacial score (nSPS) is 29.0.